The van der Waals surface area contributed by atoms with Crippen molar-refractivity contribution >= 4 is 59.3 Å². The third kappa shape index (κ3) is 5.74. The summed E-state index contributed by atoms with van der Waals surface area (Å²) in [5, 5.41) is 5.08. The maximum Gasteiger partial charge on any atom is 0.0546 e. The third-order valence-electron chi connectivity index (χ3n) is 10.5. The van der Waals surface area contributed by atoms with E-state index in [0.717, 1.165) is 17.1 Å². The van der Waals surface area contributed by atoms with Gasteiger partial charge in [0, 0.05) is 37.1 Å². The highest BCUT2D eigenvalue weighted by Gasteiger charge is 2.23. The average Bonchev–Trinajstić information content (AvgIpc) is 3.63. The lowest BCUT2D eigenvalue weighted by Gasteiger charge is -2.30. The first-order valence-electron chi connectivity index (χ1n) is 18.4. The first-order valence-corrected chi connectivity index (χ1v) is 19.2. The summed E-state index contributed by atoms with van der Waals surface area (Å²) in [6.45, 7) is 0. The molecule has 0 unspecified atom stereocenters. The fraction of sp³-hybridized carbons (Fsp3) is 0. The van der Waals surface area contributed by atoms with Crippen LogP contribution in [0.1, 0.15) is 0 Å². The molecule has 10 aromatic rings. The zero-order valence-electron chi connectivity index (χ0n) is 29.6. The van der Waals surface area contributed by atoms with Gasteiger partial charge in [0.1, 0.15) is 0 Å². The minimum Gasteiger partial charge on any atom is -0.310 e. The molecule has 0 aliphatic rings. The molecule has 9 aromatic carbocycles. The molecule has 10 rings (SSSR count). The molecule has 1 heterocycles. The Kier molecular flexibility index (Phi) is 8.09. The molecular weight excluding hydrogens is 671 g/mol. The molecule has 1 aromatic heterocycles. The van der Waals surface area contributed by atoms with Crippen molar-refractivity contribution < 1.29 is 0 Å². The van der Waals surface area contributed by atoms with Crippen molar-refractivity contribution in [2.75, 3.05) is 4.90 Å². The summed E-state index contributed by atoms with van der Waals surface area (Å²) in [5.74, 6) is 0. The molecule has 254 valence electrons. The number of hydrogen-bond donors (Lipinski definition) is 0. The second kappa shape index (κ2) is 13.7. The van der Waals surface area contributed by atoms with Crippen LogP contribution in [0.3, 0.4) is 0 Å². The van der Waals surface area contributed by atoms with Crippen molar-refractivity contribution in [2.24, 2.45) is 0 Å². The van der Waals surface area contributed by atoms with E-state index in [0.29, 0.717) is 0 Å². The Morgan fingerprint density at radius 2 is 0.907 bits per heavy atom. The molecule has 2 heteroatoms. The lowest BCUT2D eigenvalue weighted by molar-refractivity contribution is 1.29. The van der Waals surface area contributed by atoms with E-state index in [1.54, 1.807) is 0 Å². The van der Waals surface area contributed by atoms with Gasteiger partial charge in [0.25, 0.3) is 0 Å². The van der Waals surface area contributed by atoms with Gasteiger partial charge in [0.15, 0.2) is 0 Å². The molecule has 1 nitrogen and oxygen atoms in total. The van der Waals surface area contributed by atoms with E-state index in [1.165, 1.54) is 75.5 Å². The van der Waals surface area contributed by atoms with Crippen molar-refractivity contribution in [3.05, 3.63) is 212 Å². The molecular formula is C52H35NS. The molecule has 0 fully saturated rings. The van der Waals surface area contributed by atoms with Crippen LogP contribution in [0.2, 0.25) is 0 Å². The lowest BCUT2D eigenvalue weighted by Crippen LogP contribution is -2.12. The van der Waals surface area contributed by atoms with Crippen LogP contribution in [0.15, 0.2) is 212 Å². The molecule has 0 aliphatic carbocycles. The summed E-state index contributed by atoms with van der Waals surface area (Å²) in [7, 11) is 0. The molecule has 0 spiro atoms. The summed E-state index contributed by atoms with van der Waals surface area (Å²) in [6.07, 6.45) is 0. The Balaban J connectivity index is 1.18. The fourth-order valence-electron chi connectivity index (χ4n) is 7.89. The molecule has 0 radical (unpaired) electrons. The molecule has 54 heavy (non-hydrogen) atoms. The van der Waals surface area contributed by atoms with Gasteiger partial charge < -0.3 is 4.90 Å². The van der Waals surface area contributed by atoms with E-state index in [9.17, 15) is 0 Å². The first-order chi connectivity index (χ1) is 26.8. The summed E-state index contributed by atoms with van der Waals surface area (Å²) in [6, 6.07) is 77.2. The Bertz CT molecular complexity index is 2920. The van der Waals surface area contributed by atoms with Crippen LogP contribution in [-0.2, 0) is 0 Å². The Labute approximate surface area is 319 Å². The van der Waals surface area contributed by atoms with E-state index in [2.05, 4.69) is 217 Å². The van der Waals surface area contributed by atoms with Crippen molar-refractivity contribution in [1.29, 1.82) is 0 Å². The van der Waals surface area contributed by atoms with Crippen LogP contribution in [0.5, 0.6) is 0 Å². The number of rotatable bonds is 7. The van der Waals surface area contributed by atoms with Crippen molar-refractivity contribution in [3.8, 4) is 44.5 Å². The largest absolute Gasteiger partial charge is 0.310 e. The standard InChI is InChI=1S/C52H35NS/c1-3-15-38(16-4-1)44-20-9-10-22-48(44)52-45(39-17-5-2-6-18-39)23-13-24-49(52)53(43-32-28-36-14-7-8-19-40(36)34-43)42-30-26-37(27-31-42)41-29-33-47-46-21-11-12-25-50(46)54-51(47)35-41/h1-35H. The van der Waals surface area contributed by atoms with Gasteiger partial charge in [-0.05, 0) is 92.2 Å². The van der Waals surface area contributed by atoms with Gasteiger partial charge in [-0.1, -0.05) is 170 Å². The van der Waals surface area contributed by atoms with Crippen LogP contribution in [0.4, 0.5) is 17.1 Å². The van der Waals surface area contributed by atoms with E-state index >= 15 is 0 Å². The molecule has 0 saturated heterocycles. The van der Waals surface area contributed by atoms with Crippen LogP contribution >= 0.6 is 11.3 Å². The molecule has 0 atom stereocenters. The van der Waals surface area contributed by atoms with Gasteiger partial charge >= 0.3 is 0 Å². The summed E-state index contributed by atoms with van der Waals surface area (Å²) < 4.78 is 2.64. The first kappa shape index (κ1) is 32.0. The second-order valence-electron chi connectivity index (χ2n) is 13.7. The highest BCUT2D eigenvalue weighted by molar-refractivity contribution is 7.25. The van der Waals surface area contributed by atoms with Crippen LogP contribution in [0.25, 0.3) is 75.5 Å². The van der Waals surface area contributed by atoms with Crippen LogP contribution in [0, 0.1) is 0 Å². The number of thiophene rings is 1. The molecule has 0 N–H and O–H groups in total. The summed E-state index contributed by atoms with van der Waals surface area (Å²) >= 11 is 1.86. The third-order valence-corrected chi connectivity index (χ3v) is 11.6. The number of anilines is 3. The Morgan fingerprint density at radius 1 is 0.315 bits per heavy atom. The van der Waals surface area contributed by atoms with Gasteiger partial charge in [-0.25, -0.2) is 0 Å². The highest BCUT2D eigenvalue weighted by Crippen LogP contribution is 2.48. The summed E-state index contributed by atoms with van der Waals surface area (Å²) in [5.41, 5.74) is 12.9. The van der Waals surface area contributed by atoms with Crippen LogP contribution < -0.4 is 4.90 Å². The number of hydrogen-bond acceptors (Lipinski definition) is 2. The SMILES string of the molecule is c1ccc(-c2ccccc2-c2c(-c3ccccc3)cccc2N(c2ccc(-c3ccc4c(c3)sc3ccccc34)cc2)c2ccc3ccccc3c2)cc1. The Morgan fingerprint density at radius 3 is 1.70 bits per heavy atom. The number of benzene rings is 9. The van der Waals surface area contributed by atoms with E-state index < -0.39 is 0 Å². The minimum absolute atomic E-state index is 1.10. The topological polar surface area (TPSA) is 3.24 Å². The minimum atomic E-state index is 1.10. The van der Waals surface area contributed by atoms with E-state index in [1.807, 2.05) is 11.3 Å². The average molecular weight is 706 g/mol. The highest BCUT2D eigenvalue weighted by atomic mass is 32.1. The van der Waals surface area contributed by atoms with Crippen molar-refractivity contribution in [3.63, 3.8) is 0 Å². The molecule has 0 saturated carbocycles. The van der Waals surface area contributed by atoms with Crippen LogP contribution in [-0.4, -0.2) is 0 Å². The number of nitrogens with zero attached hydrogens (tertiary/aromatic N) is 1. The predicted octanol–water partition coefficient (Wildman–Crippen LogP) is 15.3. The monoisotopic (exact) mass is 705 g/mol. The summed E-state index contributed by atoms with van der Waals surface area (Å²) in [4.78, 5) is 2.44. The lowest BCUT2D eigenvalue weighted by atomic mass is 9.87. The van der Waals surface area contributed by atoms with Crippen molar-refractivity contribution in [1.82, 2.24) is 0 Å². The van der Waals surface area contributed by atoms with E-state index in [-0.39, 0.29) is 0 Å². The normalized spacial score (nSPS) is 11.3. The molecule has 0 aliphatic heterocycles. The van der Waals surface area contributed by atoms with Gasteiger partial charge in [-0.3, -0.25) is 0 Å². The molecule has 0 amide bonds. The zero-order chi connectivity index (χ0) is 35.8. The predicted molar refractivity (Wildman–Crippen MR) is 233 cm³/mol. The van der Waals surface area contributed by atoms with Gasteiger partial charge in [-0.2, -0.15) is 0 Å². The van der Waals surface area contributed by atoms with Gasteiger partial charge in [0.2, 0.25) is 0 Å². The van der Waals surface area contributed by atoms with Crippen molar-refractivity contribution in [2.45, 2.75) is 0 Å². The smallest absolute Gasteiger partial charge is 0.0546 e. The maximum absolute atomic E-state index is 2.44. The van der Waals surface area contributed by atoms with E-state index in [4.69, 9.17) is 0 Å². The maximum atomic E-state index is 2.44. The second-order valence-corrected chi connectivity index (χ2v) is 14.8. The quantitative estimate of drug-likeness (QED) is 0.160. The van der Waals surface area contributed by atoms with Gasteiger partial charge in [-0.15, -0.1) is 11.3 Å². The Hall–Kier alpha value is -6.74. The van der Waals surface area contributed by atoms with Gasteiger partial charge in [0.05, 0.1) is 5.69 Å². The fourth-order valence-corrected chi connectivity index (χ4v) is 9.04. The number of fused-ring (bicyclic) bond motifs is 4. The zero-order valence-corrected chi connectivity index (χ0v) is 30.4. The molecule has 0 bridgehead atoms.